The van der Waals surface area contributed by atoms with Crippen LogP contribution in [0.3, 0.4) is 0 Å². The van der Waals surface area contributed by atoms with Crippen LogP contribution in [-0.2, 0) is 30.7 Å². The number of hydrogen-bond donors (Lipinski definition) is 3. The second-order valence-corrected chi connectivity index (χ2v) is 11.3. The lowest BCUT2D eigenvalue weighted by molar-refractivity contribution is -0.147. The maximum absolute atomic E-state index is 14.6. The number of nitrogens with zero attached hydrogens (tertiary/aromatic N) is 4. The molecule has 3 N–H and O–H groups in total. The van der Waals surface area contributed by atoms with E-state index in [1.165, 1.54) is 47.4 Å². The van der Waals surface area contributed by atoms with E-state index in [1.807, 2.05) is 6.92 Å². The highest BCUT2D eigenvalue weighted by Gasteiger charge is 2.48. The number of carboxylic acids is 1. The first-order valence-electron chi connectivity index (χ1n) is 16.2. The fourth-order valence-corrected chi connectivity index (χ4v) is 5.42. The lowest BCUT2D eigenvalue weighted by Crippen LogP contribution is -2.44. The van der Waals surface area contributed by atoms with E-state index in [2.05, 4.69) is 15.6 Å². The van der Waals surface area contributed by atoms with Gasteiger partial charge in [-0.3, -0.25) is 10.4 Å². The SMILES string of the molecule is CCCOc1ccc(-c2cc(C(CCOCCOCCOCCO)(C(=O)O)n3cnc4c3C=CN(c3cccc(F)c3F)N4)on2)c(C(F)(F)F)c1. The number of carboxylic acid groups (broad SMARTS) is 1. The lowest BCUT2D eigenvalue weighted by atomic mass is 9.90. The number of anilines is 2. The highest BCUT2D eigenvalue weighted by atomic mass is 19.4. The average molecular weight is 738 g/mol. The van der Waals surface area contributed by atoms with E-state index in [9.17, 15) is 31.9 Å². The van der Waals surface area contributed by atoms with E-state index in [0.29, 0.717) is 6.42 Å². The number of alkyl halides is 3. The predicted octanol–water partition coefficient (Wildman–Crippen LogP) is 5.70. The van der Waals surface area contributed by atoms with Gasteiger partial charge in [0.05, 0.1) is 63.8 Å². The number of aliphatic hydroxyl groups excluding tert-OH is 1. The molecule has 2 aromatic carbocycles. The van der Waals surface area contributed by atoms with Crippen LogP contribution in [0.2, 0.25) is 0 Å². The number of aliphatic carboxylic acids is 1. The van der Waals surface area contributed by atoms with E-state index < -0.39 is 34.9 Å². The highest BCUT2D eigenvalue weighted by Crippen LogP contribution is 2.42. The summed E-state index contributed by atoms with van der Waals surface area (Å²) < 4.78 is 99.7. The maximum atomic E-state index is 14.6. The first kappa shape index (κ1) is 38.2. The van der Waals surface area contributed by atoms with E-state index >= 15 is 0 Å². The molecule has 0 spiro atoms. The summed E-state index contributed by atoms with van der Waals surface area (Å²) in [6, 6.07) is 8.05. The van der Waals surface area contributed by atoms with Crippen LogP contribution in [0.1, 0.15) is 36.8 Å². The normalized spacial score (nSPS) is 13.9. The summed E-state index contributed by atoms with van der Waals surface area (Å²) in [5, 5.41) is 24.7. The van der Waals surface area contributed by atoms with Crippen molar-refractivity contribution in [1.29, 1.82) is 0 Å². The smallest absolute Gasteiger partial charge is 0.417 e. The molecule has 1 unspecified atom stereocenters. The molecule has 1 aliphatic heterocycles. The molecule has 4 aromatic rings. The van der Waals surface area contributed by atoms with Crippen LogP contribution >= 0.6 is 0 Å². The van der Waals surface area contributed by atoms with E-state index in [1.54, 1.807) is 0 Å². The van der Waals surface area contributed by atoms with Crippen LogP contribution in [0, 0.1) is 11.6 Å². The summed E-state index contributed by atoms with van der Waals surface area (Å²) in [4.78, 5) is 17.7. The molecule has 13 nitrogen and oxygen atoms in total. The zero-order chi connectivity index (χ0) is 37.3. The summed E-state index contributed by atoms with van der Waals surface area (Å²) in [6.45, 7) is 2.51. The molecule has 5 rings (SSSR count). The number of aliphatic hydroxyl groups is 1. The number of hydrazine groups is 1. The van der Waals surface area contributed by atoms with Gasteiger partial charge in [-0.2, -0.15) is 13.2 Å². The van der Waals surface area contributed by atoms with Gasteiger partial charge in [0.15, 0.2) is 23.2 Å². The molecule has 0 radical (unpaired) electrons. The summed E-state index contributed by atoms with van der Waals surface area (Å²) in [5.74, 6) is -4.01. The van der Waals surface area contributed by atoms with Gasteiger partial charge in [0.25, 0.3) is 0 Å². The number of carbonyl (C=O) groups is 1. The Labute approximate surface area is 294 Å². The van der Waals surface area contributed by atoms with Gasteiger partial charge in [0.2, 0.25) is 5.54 Å². The Kier molecular flexibility index (Phi) is 12.5. The van der Waals surface area contributed by atoms with Crippen LogP contribution in [0.15, 0.2) is 59.5 Å². The molecule has 1 aliphatic rings. The van der Waals surface area contributed by atoms with E-state index in [4.69, 9.17) is 28.6 Å². The van der Waals surface area contributed by atoms with E-state index in [-0.39, 0.29) is 99.2 Å². The van der Waals surface area contributed by atoms with Crippen molar-refractivity contribution in [1.82, 2.24) is 14.7 Å². The van der Waals surface area contributed by atoms with Gasteiger partial charge in [0, 0.05) is 30.9 Å². The zero-order valence-electron chi connectivity index (χ0n) is 27.9. The van der Waals surface area contributed by atoms with Crippen LogP contribution in [0.5, 0.6) is 5.75 Å². The van der Waals surface area contributed by atoms with Gasteiger partial charge in [-0.25, -0.2) is 18.6 Å². The molecule has 0 saturated carbocycles. The van der Waals surface area contributed by atoms with Gasteiger partial charge >= 0.3 is 12.1 Å². The molecular weight excluding hydrogens is 701 g/mol. The third-order valence-corrected chi connectivity index (χ3v) is 7.92. The first-order valence-corrected chi connectivity index (χ1v) is 16.2. The van der Waals surface area contributed by atoms with Gasteiger partial charge in [-0.05, 0) is 42.8 Å². The van der Waals surface area contributed by atoms with Crippen molar-refractivity contribution in [3.63, 3.8) is 0 Å². The number of benzene rings is 2. The molecule has 0 amide bonds. The largest absolute Gasteiger partial charge is 0.494 e. The van der Waals surface area contributed by atoms with E-state index in [0.717, 1.165) is 23.2 Å². The van der Waals surface area contributed by atoms with Gasteiger partial charge < -0.3 is 38.3 Å². The average Bonchev–Trinajstić information content (AvgIpc) is 3.79. The van der Waals surface area contributed by atoms with Crippen molar-refractivity contribution >= 4 is 23.6 Å². The summed E-state index contributed by atoms with van der Waals surface area (Å²) in [5.41, 5.74) is -1.12. The van der Waals surface area contributed by atoms with Crippen LogP contribution in [-0.4, -0.2) is 83.7 Å². The molecule has 280 valence electrons. The number of halogens is 5. The summed E-state index contributed by atoms with van der Waals surface area (Å²) >= 11 is 0. The number of fused-ring (bicyclic) bond motifs is 1. The molecule has 0 aliphatic carbocycles. The Balaban J connectivity index is 1.48. The molecule has 18 heteroatoms. The second kappa shape index (κ2) is 17.0. The third-order valence-electron chi connectivity index (χ3n) is 7.92. The molecule has 1 atom stereocenters. The minimum Gasteiger partial charge on any atom is -0.494 e. The van der Waals surface area contributed by atoms with Crippen LogP contribution in [0.25, 0.3) is 17.3 Å². The van der Waals surface area contributed by atoms with Crippen LogP contribution in [0.4, 0.5) is 33.5 Å². The van der Waals surface area contributed by atoms with Gasteiger partial charge in [-0.15, -0.1) is 0 Å². The van der Waals surface area contributed by atoms with Crippen LogP contribution < -0.4 is 15.2 Å². The zero-order valence-corrected chi connectivity index (χ0v) is 27.9. The summed E-state index contributed by atoms with van der Waals surface area (Å²) in [7, 11) is 0. The Hall–Kier alpha value is -5.04. The monoisotopic (exact) mass is 737 g/mol. The standard InChI is InChI=1S/C34H36F5N5O8/c1-2-12-51-22-6-7-23(24(19-22)34(37,38)39)26-20-29(52-42-26)33(32(46)47,9-13-48-15-17-50-18-16-49-14-11-45)43-21-40-31-28(43)8-10-44(41-31)27-5-3-4-25(35)30(27)36/h3-8,10,19-21,41,45H,2,9,11-18H2,1H3,(H,46,47). The van der Waals surface area contributed by atoms with Crippen molar-refractivity contribution in [2.24, 2.45) is 0 Å². The molecule has 2 aromatic heterocycles. The number of imidazole rings is 1. The number of nitrogens with one attached hydrogen (secondary N) is 1. The minimum atomic E-state index is -4.82. The fourth-order valence-electron chi connectivity index (χ4n) is 5.42. The van der Waals surface area contributed by atoms with Crippen molar-refractivity contribution < 1.29 is 60.4 Å². The number of rotatable bonds is 19. The third kappa shape index (κ3) is 8.36. The molecule has 0 bridgehead atoms. The Bertz CT molecular complexity index is 1850. The molecular formula is C34H36F5N5O8. The maximum Gasteiger partial charge on any atom is 0.417 e. The fraction of sp³-hybridized carbons (Fsp3) is 0.382. The highest BCUT2D eigenvalue weighted by molar-refractivity contribution is 5.83. The number of ether oxygens (including phenoxy) is 4. The summed E-state index contributed by atoms with van der Waals surface area (Å²) in [6.07, 6.45) is -0.676. The molecule has 3 heterocycles. The van der Waals surface area contributed by atoms with Gasteiger partial charge in [0.1, 0.15) is 17.1 Å². The minimum absolute atomic E-state index is 0.00293. The first-order chi connectivity index (χ1) is 25.0. The van der Waals surface area contributed by atoms with Crippen molar-refractivity contribution in [3.05, 3.63) is 83.6 Å². The molecule has 0 saturated heterocycles. The van der Waals surface area contributed by atoms with Crippen molar-refractivity contribution in [3.8, 4) is 17.0 Å². The van der Waals surface area contributed by atoms with Crippen molar-refractivity contribution in [2.45, 2.75) is 31.5 Å². The number of aromatic nitrogens is 3. The van der Waals surface area contributed by atoms with Crippen molar-refractivity contribution in [2.75, 3.05) is 63.3 Å². The van der Waals surface area contributed by atoms with Gasteiger partial charge in [-0.1, -0.05) is 18.1 Å². The lowest BCUT2D eigenvalue weighted by Gasteiger charge is -2.31. The number of hydrogen-bond acceptors (Lipinski definition) is 11. The second-order valence-electron chi connectivity index (χ2n) is 11.3. The Morgan fingerprint density at radius 1 is 0.981 bits per heavy atom. The molecule has 0 fully saturated rings. The quantitative estimate of drug-likeness (QED) is 0.0799. The predicted molar refractivity (Wildman–Crippen MR) is 175 cm³/mol. The topological polar surface area (TPSA) is 154 Å². The Morgan fingerprint density at radius 2 is 1.71 bits per heavy atom. The molecule has 52 heavy (non-hydrogen) atoms. The Morgan fingerprint density at radius 3 is 2.40 bits per heavy atom.